The highest BCUT2D eigenvalue weighted by Gasteiger charge is 2.08. The minimum atomic E-state index is -0.600. The third-order valence-corrected chi connectivity index (χ3v) is 1.38. The van der Waals surface area contributed by atoms with E-state index in [2.05, 4.69) is 0 Å². The second-order valence-electron chi connectivity index (χ2n) is 2.14. The summed E-state index contributed by atoms with van der Waals surface area (Å²) in [5.41, 5.74) is 0. The summed E-state index contributed by atoms with van der Waals surface area (Å²) >= 11 is 0. The van der Waals surface area contributed by atoms with Gasteiger partial charge in [-0.05, 0) is 12.8 Å². The molecule has 0 bridgehead atoms. The first-order valence-corrected chi connectivity index (χ1v) is 3.11. The predicted octanol–water partition coefficient (Wildman–Crippen LogP) is 1.52. The first kappa shape index (κ1) is 6.02. The van der Waals surface area contributed by atoms with Gasteiger partial charge < -0.3 is 4.74 Å². The van der Waals surface area contributed by atoms with Crippen LogP contribution in [-0.2, 0) is 4.74 Å². The molecular formula is C6H11FO. The molecule has 0 radical (unpaired) electrons. The number of hydrogen-bond acceptors (Lipinski definition) is 1. The van der Waals surface area contributed by atoms with Gasteiger partial charge in [-0.2, -0.15) is 0 Å². The van der Waals surface area contributed by atoms with Crippen LogP contribution >= 0.6 is 0 Å². The topological polar surface area (TPSA) is 9.23 Å². The van der Waals surface area contributed by atoms with Crippen molar-refractivity contribution in [2.75, 3.05) is 13.2 Å². The number of alkyl halides is 1. The lowest BCUT2D eigenvalue weighted by Crippen LogP contribution is -1.98. The van der Waals surface area contributed by atoms with Gasteiger partial charge in [-0.1, -0.05) is 0 Å². The van der Waals surface area contributed by atoms with E-state index in [4.69, 9.17) is 4.74 Å². The first-order valence-electron chi connectivity index (χ1n) is 3.11. The average molecular weight is 118 g/mol. The average Bonchev–Trinajstić information content (AvgIpc) is 1.94. The van der Waals surface area contributed by atoms with Crippen molar-refractivity contribution in [2.24, 2.45) is 0 Å². The number of halogens is 1. The van der Waals surface area contributed by atoms with Crippen LogP contribution in [0.3, 0.4) is 0 Å². The largest absolute Gasteiger partial charge is 0.381 e. The van der Waals surface area contributed by atoms with Crippen molar-refractivity contribution in [1.29, 1.82) is 0 Å². The SMILES string of the molecule is FC1CCCOCC1. The predicted molar refractivity (Wildman–Crippen MR) is 29.6 cm³/mol. The van der Waals surface area contributed by atoms with Crippen LogP contribution in [0.4, 0.5) is 4.39 Å². The van der Waals surface area contributed by atoms with Crippen molar-refractivity contribution in [3.8, 4) is 0 Å². The summed E-state index contributed by atoms with van der Waals surface area (Å²) in [7, 11) is 0. The zero-order valence-corrected chi connectivity index (χ0v) is 4.90. The Morgan fingerprint density at radius 3 is 3.00 bits per heavy atom. The van der Waals surface area contributed by atoms with Gasteiger partial charge in [0.15, 0.2) is 0 Å². The van der Waals surface area contributed by atoms with E-state index in [1.165, 1.54) is 0 Å². The smallest absolute Gasteiger partial charge is 0.102 e. The van der Waals surface area contributed by atoms with Crippen LogP contribution in [0.1, 0.15) is 19.3 Å². The van der Waals surface area contributed by atoms with E-state index < -0.39 is 6.17 Å². The monoisotopic (exact) mass is 118 g/mol. The fourth-order valence-electron chi connectivity index (χ4n) is 0.864. The van der Waals surface area contributed by atoms with Crippen molar-refractivity contribution in [1.82, 2.24) is 0 Å². The lowest BCUT2D eigenvalue weighted by Gasteiger charge is -1.97. The molecule has 1 nitrogen and oxygen atoms in total. The Hall–Kier alpha value is -0.110. The molecule has 1 unspecified atom stereocenters. The van der Waals surface area contributed by atoms with Gasteiger partial charge in [-0.15, -0.1) is 0 Å². The maximum atomic E-state index is 12.4. The van der Waals surface area contributed by atoms with Crippen LogP contribution in [0, 0.1) is 0 Å². The molecule has 1 aliphatic rings. The van der Waals surface area contributed by atoms with E-state index in [9.17, 15) is 4.39 Å². The first-order chi connectivity index (χ1) is 3.89. The van der Waals surface area contributed by atoms with Crippen LogP contribution in [0.15, 0.2) is 0 Å². The number of ether oxygens (including phenoxy) is 1. The fourth-order valence-corrected chi connectivity index (χ4v) is 0.864. The highest BCUT2D eigenvalue weighted by molar-refractivity contribution is 4.58. The molecule has 1 atom stereocenters. The third-order valence-electron chi connectivity index (χ3n) is 1.38. The number of rotatable bonds is 0. The Labute approximate surface area is 48.8 Å². The van der Waals surface area contributed by atoms with Gasteiger partial charge in [-0.3, -0.25) is 0 Å². The van der Waals surface area contributed by atoms with Gasteiger partial charge in [0, 0.05) is 19.6 Å². The summed E-state index contributed by atoms with van der Waals surface area (Å²) in [6.07, 6.45) is 1.58. The third kappa shape index (κ3) is 1.78. The van der Waals surface area contributed by atoms with Crippen LogP contribution in [0.25, 0.3) is 0 Å². The highest BCUT2D eigenvalue weighted by atomic mass is 19.1. The Bertz CT molecular complexity index is 57.5. The van der Waals surface area contributed by atoms with Crippen molar-refractivity contribution >= 4 is 0 Å². The summed E-state index contributed by atoms with van der Waals surface area (Å²) in [5.74, 6) is 0. The van der Waals surface area contributed by atoms with E-state index in [1.54, 1.807) is 0 Å². The summed E-state index contributed by atoms with van der Waals surface area (Å²) < 4.78 is 17.4. The number of hydrogen-bond donors (Lipinski definition) is 0. The van der Waals surface area contributed by atoms with E-state index in [1.807, 2.05) is 0 Å². The maximum Gasteiger partial charge on any atom is 0.102 e. The summed E-state index contributed by atoms with van der Waals surface area (Å²) in [6.45, 7) is 1.36. The van der Waals surface area contributed by atoms with E-state index in [0.29, 0.717) is 19.4 Å². The van der Waals surface area contributed by atoms with Gasteiger partial charge >= 0.3 is 0 Å². The van der Waals surface area contributed by atoms with Gasteiger partial charge in [0.25, 0.3) is 0 Å². The molecular weight excluding hydrogens is 107 g/mol. The van der Waals surface area contributed by atoms with Crippen molar-refractivity contribution < 1.29 is 9.13 Å². The molecule has 0 N–H and O–H groups in total. The van der Waals surface area contributed by atoms with Gasteiger partial charge in [0.05, 0.1) is 0 Å². The molecule has 0 saturated carbocycles. The lowest BCUT2D eigenvalue weighted by molar-refractivity contribution is 0.138. The standard InChI is InChI=1S/C6H11FO/c7-6-2-1-4-8-5-3-6/h6H,1-5H2. The second kappa shape index (κ2) is 3.02. The maximum absolute atomic E-state index is 12.4. The Balaban J connectivity index is 2.17. The molecule has 8 heavy (non-hydrogen) atoms. The van der Waals surface area contributed by atoms with Crippen LogP contribution in [-0.4, -0.2) is 19.4 Å². The van der Waals surface area contributed by atoms with Gasteiger partial charge in [-0.25, -0.2) is 4.39 Å². The van der Waals surface area contributed by atoms with Crippen LogP contribution in [0.5, 0.6) is 0 Å². The Morgan fingerprint density at radius 1 is 1.25 bits per heavy atom. The van der Waals surface area contributed by atoms with Gasteiger partial charge in [0.1, 0.15) is 6.17 Å². The highest BCUT2D eigenvalue weighted by Crippen LogP contribution is 2.10. The normalized spacial score (nSPS) is 31.9. The molecule has 48 valence electrons. The summed E-state index contributed by atoms with van der Waals surface area (Å²) in [5, 5.41) is 0. The molecule has 1 heterocycles. The minimum absolute atomic E-state index is 0.597. The minimum Gasteiger partial charge on any atom is -0.381 e. The quantitative estimate of drug-likeness (QED) is 0.468. The molecule has 0 aromatic rings. The zero-order valence-electron chi connectivity index (χ0n) is 4.90. The second-order valence-corrected chi connectivity index (χ2v) is 2.14. The van der Waals surface area contributed by atoms with Crippen molar-refractivity contribution in [3.63, 3.8) is 0 Å². The van der Waals surface area contributed by atoms with Crippen LogP contribution < -0.4 is 0 Å². The van der Waals surface area contributed by atoms with Crippen molar-refractivity contribution in [2.45, 2.75) is 25.4 Å². The van der Waals surface area contributed by atoms with E-state index >= 15 is 0 Å². The Kier molecular flexibility index (Phi) is 2.27. The molecule has 0 aromatic carbocycles. The summed E-state index contributed by atoms with van der Waals surface area (Å²) in [6, 6.07) is 0. The lowest BCUT2D eigenvalue weighted by atomic mass is 10.2. The van der Waals surface area contributed by atoms with E-state index in [0.717, 1.165) is 13.0 Å². The van der Waals surface area contributed by atoms with Crippen molar-refractivity contribution in [3.05, 3.63) is 0 Å². The molecule has 1 fully saturated rings. The summed E-state index contributed by atoms with van der Waals surface area (Å²) in [4.78, 5) is 0. The molecule has 1 aliphatic heterocycles. The Morgan fingerprint density at radius 2 is 2.12 bits per heavy atom. The van der Waals surface area contributed by atoms with Crippen LogP contribution in [0.2, 0.25) is 0 Å². The fraction of sp³-hybridized carbons (Fsp3) is 1.00. The molecule has 1 saturated heterocycles. The molecule has 0 amide bonds. The molecule has 0 spiro atoms. The molecule has 2 heteroatoms. The molecule has 1 rings (SSSR count). The molecule has 0 aliphatic carbocycles. The van der Waals surface area contributed by atoms with E-state index in [-0.39, 0.29) is 0 Å². The van der Waals surface area contributed by atoms with Gasteiger partial charge in [0.2, 0.25) is 0 Å². The molecule has 0 aromatic heterocycles. The zero-order chi connectivity index (χ0) is 5.82.